The number of nitro benzene ring substituents is 1. The summed E-state index contributed by atoms with van der Waals surface area (Å²) in [5.74, 6) is 0. The van der Waals surface area contributed by atoms with Gasteiger partial charge in [-0.05, 0) is 25.0 Å². The van der Waals surface area contributed by atoms with Crippen molar-refractivity contribution < 1.29 is 13.3 Å². The van der Waals surface area contributed by atoms with Crippen LogP contribution < -0.4 is 0 Å². The predicted octanol–water partition coefficient (Wildman–Crippen LogP) is 2.53. The van der Waals surface area contributed by atoms with Gasteiger partial charge in [0.25, 0.3) is 5.69 Å². The molecule has 0 aromatic heterocycles. The molecule has 1 saturated heterocycles. The predicted molar refractivity (Wildman–Crippen MR) is 78.4 cm³/mol. The van der Waals surface area contributed by atoms with Crippen molar-refractivity contribution in [1.82, 2.24) is 4.31 Å². The topological polar surface area (TPSA) is 80.5 Å². The molecule has 1 heterocycles. The Morgan fingerprint density at radius 2 is 2.00 bits per heavy atom. The number of hydrogen-bond donors (Lipinski definition) is 0. The smallest absolute Gasteiger partial charge is 0.258 e. The highest BCUT2D eigenvalue weighted by molar-refractivity contribution is 9.09. The van der Waals surface area contributed by atoms with E-state index >= 15 is 0 Å². The Bertz CT molecular complexity index is 600. The zero-order valence-corrected chi connectivity index (χ0v) is 13.3. The first-order valence-corrected chi connectivity index (χ1v) is 8.60. The second-order valence-electron chi connectivity index (χ2n) is 4.75. The van der Waals surface area contributed by atoms with Gasteiger partial charge in [-0.3, -0.25) is 10.1 Å². The molecule has 1 aliphatic heterocycles. The molecule has 1 aromatic rings. The molecule has 110 valence electrons. The summed E-state index contributed by atoms with van der Waals surface area (Å²) in [6.45, 7) is 2.41. The molecule has 0 N–H and O–H groups in total. The fraction of sp³-hybridized carbons (Fsp3) is 0.500. The maximum absolute atomic E-state index is 12.6. The number of nitrogens with zero attached hydrogens (tertiary/aromatic N) is 2. The lowest BCUT2D eigenvalue weighted by atomic mass is 10.2. The molecule has 2 rings (SSSR count). The van der Waals surface area contributed by atoms with Crippen molar-refractivity contribution >= 4 is 31.6 Å². The number of alkyl halides is 1. The van der Waals surface area contributed by atoms with Gasteiger partial charge in [0.05, 0.1) is 9.82 Å². The summed E-state index contributed by atoms with van der Waals surface area (Å²) >= 11 is 3.44. The zero-order chi connectivity index (χ0) is 14.9. The van der Waals surface area contributed by atoms with Gasteiger partial charge in [0.2, 0.25) is 10.0 Å². The fourth-order valence-corrected chi connectivity index (χ4v) is 4.87. The van der Waals surface area contributed by atoms with Crippen LogP contribution in [0.3, 0.4) is 0 Å². The molecule has 0 spiro atoms. The molecule has 6 nitrogen and oxygen atoms in total. The van der Waals surface area contributed by atoms with E-state index < -0.39 is 14.9 Å². The van der Waals surface area contributed by atoms with E-state index in [1.165, 1.54) is 28.6 Å². The molecule has 8 heteroatoms. The third-order valence-corrected chi connectivity index (χ3v) is 5.98. The summed E-state index contributed by atoms with van der Waals surface area (Å²) in [5, 5.41) is 10.6. The molecular weight excluding hydrogens is 348 g/mol. The van der Waals surface area contributed by atoms with E-state index in [1.807, 2.05) is 6.92 Å². The third-order valence-electron chi connectivity index (χ3n) is 3.43. The number of nitro groups is 1. The molecule has 0 aliphatic carbocycles. The van der Waals surface area contributed by atoms with Crippen LogP contribution in [0.2, 0.25) is 0 Å². The number of rotatable bonds is 4. The SMILES string of the molecule is C[C@@H](Br)C1CCCN1S(=O)(=O)c1ccc([N+](=O)[O-])cc1. The Hall–Kier alpha value is -0.990. The number of hydrogen-bond acceptors (Lipinski definition) is 4. The lowest BCUT2D eigenvalue weighted by Crippen LogP contribution is -2.39. The molecule has 1 aromatic carbocycles. The molecule has 1 unspecified atom stereocenters. The summed E-state index contributed by atoms with van der Waals surface area (Å²) in [4.78, 5) is 10.2. The minimum absolute atomic E-state index is 0.0674. The van der Waals surface area contributed by atoms with Crippen LogP contribution in [0, 0.1) is 10.1 Å². The summed E-state index contributed by atoms with van der Waals surface area (Å²) in [6.07, 6.45) is 1.64. The van der Waals surface area contributed by atoms with Crippen molar-refractivity contribution in [3.63, 3.8) is 0 Å². The molecule has 0 saturated carbocycles. The largest absolute Gasteiger partial charge is 0.269 e. The number of sulfonamides is 1. The average Bonchev–Trinajstić information content (AvgIpc) is 2.89. The Morgan fingerprint density at radius 3 is 2.50 bits per heavy atom. The molecule has 1 fully saturated rings. The lowest BCUT2D eigenvalue weighted by Gasteiger charge is -2.25. The van der Waals surface area contributed by atoms with Crippen LogP contribution in [0.1, 0.15) is 19.8 Å². The van der Waals surface area contributed by atoms with Gasteiger partial charge in [-0.25, -0.2) is 8.42 Å². The Kier molecular flexibility index (Phi) is 4.46. The first-order chi connectivity index (χ1) is 9.34. The minimum Gasteiger partial charge on any atom is -0.258 e. The van der Waals surface area contributed by atoms with Crippen molar-refractivity contribution in [3.05, 3.63) is 34.4 Å². The molecule has 0 amide bonds. The van der Waals surface area contributed by atoms with Crippen LogP contribution in [-0.4, -0.2) is 35.1 Å². The van der Waals surface area contributed by atoms with Crippen molar-refractivity contribution in [2.24, 2.45) is 0 Å². The Balaban J connectivity index is 2.32. The van der Waals surface area contributed by atoms with Crippen molar-refractivity contribution in [3.8, 4) is 0 Å². The first-order valence-electron chi connectivity index (χ1n) is 6.24. The number of non-ortho nitro benzene ring substituents is 1. The van der Waals surface area contributed by atoms with Crippen LogP contribution in [0.25, 0.3) is 0 Å². The quantitative estimate of drug-likeness (QED) is 0.468. The van der Waals surface area contributed by atoms with Crippen LogP contribution in [0.15, 0.2) is 29.2 Å². The van der Waals surface area contributed by atoms with E-state index in [9.17, 15) is 18.5 Å². The highest BCUT2D eigenvalue weighted by atomic mass is 79.9. The summed E-state index contributed by atoms with van der Waals surface area (Å²) in [7, 11) is -3.59. The van der Waals surface area contributed by atoms with E-state index in [4.69, 9.17) is 0 Å². The standard InChI is InChI=1S/C12H15BrN2O4S/c1-9(13)12-3-2-8-14(12)20(18,19)11-6-4-10(5-7-11)15(16)17/h4-7,9,12H,2-3,8H2,1H3/t9-,12?/m1/s1. The maximum Gasteiger partial charge on any atom is 0.269 e. The molecule has 20 heavy (non-hydrogen) atoms. The second kappa shape index (κ2) is 5.79. The van der Waals surface area contributed by atoms with E-state index in [2.05, 4.69) is 15.9 Å². The van der Waals surface area contributed by atoms with Crippen LogP contribution in [0.5, 0.6) is 0 Å². The van der Waals surface area contributed by atoms with E-state index in [0.717, 1.165) is 12.8 Å². The normalized spacial score (nSPS) is 21.8. The van der Waals surface area contributed by atoms with Crippen molar-refractivity contribution in [2.75, 3.05) is 6.54 Å². The van der Waals surface area contributed by atoms with Gasteiger partial charge in [-0.1, -0.05) is 22.9 Å². The van der Waals surface area contributed by atoms with Gasteiger partial charge in [0.15, 0.2) is 0 Å². The number of halogens is 1. The monoisotopic (exact) mass is 362 g/mol. The first kappa shape index (κ1) is 15.4. The Labute approximate surface area is 126 Å². The highest BCUT2D eigenvalue weighted by Crippen LogP contribution is 2.30. The average molecular weight is 363 g/mol. The van der Waals surface area contributed by atoms with Gasteiger partial charge < -0.3 is 0 Å². The number of benzene rings is 1. The lowest BCUT2D eigenvalue weighted by molar-refractivity contribution is -0.384. The molecular formula is C12H15BrN2O4S. The molecule has 1 aliphatic rings. The van der Waals surface area contributed by atoms with Crippen molar-refractivity contribution in [2.45, 2.75) is 35.5 Å². The fourth-order valence-electron chi connectivity index (χ4n) is 2.40. The maximum atomic E-state index is 12.6. The summed E-state index contributed by atoms with van der Waals surface area (Å²) in [6, 6.07) is 4.95. The van der Waals surface area contributed by atoms with Gasteiger partial charge in [0, 0.05) is 29.5 Å². The van der Waals surface area contributed by atoms with Crippen LogP contribution >= 0.6 is 15.9 Å². The molecule has 0 radical (unpaired) electrons. The molecule has 0 bridgehead atoms. The molecule has 2 atom stereocenters. The minimum atomic E-state index is -3.59. The van der Waals surface area contributed by atoms with Gasteiger partial charge >= 0.3 is 0 Å². The summed E-state index contributed by atoms with van der Waals surface area (Å²) in [5.41, 5.74) is -0.115. The third kappa shape index (κ3) is 2.87. The second-order valence-corrected chi connectivity index (χ2v) is 8.09. The van der Waals surface area contributed by atoms with Gasteiger partial charge in [-0.15, -0.1) is 0 Å². The van der Waals surface area contributed by atoms with Crippen molar-refractivity contribution in [1.29, 1.82) is 0 Å². The van der Waals surface area contributed by atoms with E-state index in [1.54, 1.807) is 0 Å². The van der Waals surface area contributed by atoms with E-state index in [0.29, 0.717) is 6.54 Å². The highest BCUT2D eigenvalue weighted by Gasteiger charge is 2.37. The van der Waals surface area contributed by atoms with E-state index in [-0.39, 0.29) is 21.5 Å². The Morgan fingerprint density at radius 1 is 1.40 bits per heavy atom. The van der Waals surface area contributed by atoms with Gasteiger partial charge in [0.1, 0.15) is 0 Å². The van der Waals surface area contributed by atoms with Crippen LogP contribution in [-0.2, 0) is 10.0 Å². The zero-order valence-electron chi connectivity index (χ0n) is 10.9. The van der Waals surface area contributed by atoms with Gasteiger partial charge in [-0.2, -0.15) is 4.31 Å². The van der Waals surface area contributed by atoms with Crippen LogP contribution in [0.4, 0.5) is 5.69 Å². The summed E-state index contributed by atoms with van der Waals surface area (Å²) < 4.78 is 26.6.